The van der Waals surface area contributed by atoms with Crippen molar-refractivity contribution in [2.45, 2.75) is 0 Å². The number of fused-ring (bicyclic) bond motifs is 1. The summed E-state index contributed by atoms with van der Waals surface area (Å²) in [5, 5.41) is 0.789. The number of hydrogen-bond donors (Lipinski definition) is 1. The maximum absolute atomic E-state index is 5.98. The van der Waals surface area contributed by atoms with E-state index in [4.69, 9.17) is 15.7 Å². The van der Waals surface area contributed by atoms with Crippen molar-refractivity contribution in [3.63, 3.8) is 0 Å². The van der Waals surface area contributed by atoms with Crippen LogP contribution in [0, 0.1) is 11.8 Å². The Kier molecular flexibility index (Phi) is 4.77. The van der Waals surface area contributed by atoms with Crippen LogP contribution in [-0.4, -0.2) is 50.0 Å². The molecule has 0 aliphatic heterocycles. The molecule has 3 aromatic heterocycles. The summed E-state index contributed by atoms with van der Waals surface area (Å²) < 4.78 is 1.98. The number of nitrogens with zero attached hydrogens (tertiary/aromatic N) is 6. The summed E-state index contributed by atoms with van der Waals surface area (Å²) in [6.07, 6.45) is 1.46. The lowest BCUT2D eigenvalue weighted by Crippen LogP contribution is -2.11. The number of anilines is 1. The van der Waals surface area contributed by atoms with Crippen LogP contribution in [0.3, 0.4) is 0 Å². The molecule has 0 spiro atoms. The second-order valence-corrected chi connectivity index (χ2v) is 7.51. The van der Waals surface area contributed by atoms with Gasteiger partial charge >= 0.3 is 0 Å². The van der Waals surface area contributed by atoms with Gasteiger partial charge in [-0.1, -0.05) is 47.6 Å². The first kappa shape index (κ1) is 18.1. The SMILES string of the molecule is CN(C)CC#Cc1nc(-c2ccccc2)c(-c2nc3c(N)ncnc3s2)n1C. The molecular formula is C20H19N7S. The van der Waals surface area contributed by atoms with E-state index in [0.29, 0.717) is 23.7 Å². The maximum Gasteiger partial charge on any atom is 0.186 e. The Labute approximate surface area is 166 Å². The van der Waals surface area contributed by atoms with Gasteiger partial charge < -0.3 is 10.3 Å². The minimum Gasteiger partial charge on any atom is -0.382 e. The van der Waals surface area contributed by atoms with Gasteiger partial charge in [0.2, 0.25) is 0 Å². The Hall–Kier alpha value is -3.28. The molecule has 4 rings (SSSR count). The smallest absolute Gasteiger partial charge is 0.186 e. The van der Waals surface area contributed by atoms with Gasteiger partial charge in [-0.25, -0.2) is 19.9 Å². The van der Waals surface area contributed by atoms with Crippen molar-refractivity contribution >= 4 is 27.5 Å². The summed E-state index contributed by atoms with van der Waals surface area (Å²) in [6, 6.07) is 10.0. The van der Waals surface area contributed by atoms with Crippen LogP contribution in [0.2, 0.25) is 0 Å². The van der Waals surface area contributed by atoms with E-state index in [1.54, 1.807) is 0 Å². The van der Waals surface area contributed by atoms with Gasteiger partial charge in [0.05, 0.1) is 6.54 Å². The molecular weight excluding hydrogens is 370 g/mol. The minimum absolute atomic E-state index is 0.377. The first-order valence-electron chi connectivity index (χ1n) is 8.67. The fraction of sp³-hybridized carbons (Fsp3) is 0.200. The Bertz CT molecular complexity index is 1200. The highest BCUT2D eigenvalue weighted by Crippen LogP contribution is 2.36. The molecule has 0 aliphatic rings. The summed E-state index contributed by atoms with van der Waals surface area (Å²) in [7, 11) is 5.93. The van der Waals surface area contributed by atoms with Gasteiger partial charge in [0.25, 0.3) is 0 Å². The molecule has 0 radical (unpaired) electrons. The van der Waals surface area contributed by atoms with Crippen LogP contribution in [0.5, 0.6) is 0 Å². The number of nitrogen functional groups attached to an aromatic ring is 1. The van der Waals surface area contributed by atoms with Gasteiger partial charge in [0.15, 0.2) is 11.6 Å². The molecule has 28 heavy (non-hydrogen) atoms. The van der Waals surface area contributed by atoms with Gasteiger partial charge in [-0.15, -0.1) is 0 Å². The lowest BCUT2D eigenvalue weighted by Gasteiger charge is -2.03. The number of thiazole rings is 1. The number of benzene rings is 1. The van der Waals surface area contributed by atoms with Crippen LogP contribution in [0.25, 0.3) is 32.3 Å². The second-order valence-electron chi connectivity index (χ2n) is 6.53. The average Bonchev–Trinajstić information content (AvgIpc) is 3.24. The predicted octanol–water partition coefficient (Wildman–Crippen LogP) is 2.65. The zero-order valence-electron chi connectivity index (χ0n) is 15.8. The van der Waals surface area contributed by atoms with Crippen LogP contribution >= 0.6 is 11.3 Å². The van der Waals surface area contributed by atoms with Crippen LogP contribution < -0.4 is 5.73 Å². The molecule has 0 saturated heterocycles. The van der Waals surface area contributed by atoms with Gasteiger partial charge in [-0.3, -0.25) is 4.90 Å². The number of imidazole rings is 1. The van der Waals surface area contributed by atoms with Crippen molar-refractivity contribution in [3.05, 3.63) is 42.5 Å². The molecule has 140 valence electrons. The standard InChI is InChI=1S/C20H19N7S/c1-26(2)11-7-10-14-24-15(13-8-5-4-6-9-13)17(27(14)3)20-25-16-18(21)22-12-23-19(16)28-20/h4-6,8-9,12H,11H2,1-3H3,(H2,21,22,23). The Morgan fingerprint density at radius 2 is 1.93 bits per heavy atom. The maximum atomic E-state index is 5.98. The predicted molar refractivity (Wildman–Crippen MR) is 113 cm³/mol. The van der Waals surface area contributed by atoms with Crippen molar-refractivity contribution < 1.29 is 0 Å². The van der Waals surface area contributed by atoms with Crippen molar-refractivity contribution in [2.75, 3.05) is 26.4 Å². The molecule has 8 heteroatoms. The molecule has 1 aromatic carbocycles. The molecule has 3 heterocycles. The molecule has 0 atom stereocenters. The average molecular weight is 389 g/mol. The van der Waals surface area contributed by atoms with E-state index in [-0.39, 0.29) is 0 Å². The fourth-order valence-corrected chi connectivity index (χ4v) is 3.80. The van der Waals surface area contributed by atoms with E-state index in [0.717, 1.165) is 26.8 Å². The third-order valence-corrected chi connectivity index (χ3v) is 5.13. The van der Waals surface area contributed by atoms with Crippen LogP contribution in [0.4, 0.5) is 5.82 Å². The molecule has 0 saturated carbocycles. The molecule has 4 aromatic rings. The number of aromatic nitrogens is 5. The van der Waals surface area contributed by atoms with Crippen molar-refractivity contribution in [1.82, 2.24) is 29.4 Å². The highest BCUT2D eigenvalue weighted by atomic mass is 32.1. The molecule has 0 aliphatic carbocycles. The van der Waals surface area contributed by atoms with Gasteiger partial charge in [0.1, 0.15) is 33.1 Å². The topological polar surface area (TPSA) is 85.8 Å². The zero-order chi connectivity index (χ0) is 19.7. The monoisotopic (exact) mass is 389 g/mol. The van der Waals surface area contributed by atoms with E-state index < -0.39 is 0 Å². The molecule has 7 nitrogen and oxygen atoms in total. The van der Waals surface area contributed by atoms with E-state index in [1.807, 2.05) is 60.9 Å². The quantitative estimate of drug-likeness (QED) is 0.542. The lowest BCUT2D eigenvalue weighted by molar-refractivity contribution is 0.464. The molecule has 0 unspecified atom stereocenters. The van der Waals surface area contributed by atoms with Gasteiger partial charge in [0, 0.05) is 12.6 Å². The lowest BCUT2D eigenvalue weighted by atomic mass is 10.1. The van der Waals surface area contributed by atoms with E-state index >= 15 is 0 Å². The summed E-state index contributed by atoms with van der Waals surface area (Å²) in [5.74, 6) is 7.39. The van der Waals surface area contributed by atoms with Crippen LogP contribution in [0.1, 0.15) is 5.82 Å². The van der Waals surface area contributed by atoms with Crippen molar-refractivity contribution in [1.29, 1.82) is 0 Å². The van der Waals surface area contributed by atoms with Gasteiger partial charge in [-0.2, -0.15) is 0 Å². The Morgan fingerprint density at radius 1 is 1.14 bits per heavy atom. The zero-order valence-corrected chi connectivity index (χ0v) is 16.7. The fourth-order valence-electron chi connectivity index (χ4n) is 2.80. The van der Waals surface area contributed by atoms with E-state index in [9.17, 15) is 0 Å². The minimum atomic E-state index is 0.377. The Balaban J connectivity index is 1.91. The summed E-state index contributed by atoms with van der Waals surface area (Å²) in [6.45, 7) is 0.663. The number of rotatable bonds is 3. The number of nitrogens with two attached hydrogens (primary N) is 1. The van der Waals surface area contributed by atoms with E-state index in [2.05, 4.69) is 21.8 Å². The van der Waals surface area contributed by atoms with Gasteiger partial charge in [-0.05, 0) is 20.0 Å². The van der Waals surface area contributed by atoms with E-state index in [1.165, 1.54) is 17.7 Å². The molecule has 0 bridgehead atoms. The van der Waals surface area contributed by atoms with Crippen molar-refractivity contribution in [2.24, 2.45) is 7.05 Å². The first-order chi connectivity index (χ1) is 13.5. The van der Waals surface area contributed by atoms with Crippen molar-refractivity contribution in [3.8, 4) is 33.8 Å². The summed E-state index contributed by atoms with van der Waals surface area (Å²) >= 11 is 1.47. The summed E-state index contributed by atoms with van der Waals surface area (Å²) in [4.78, 5) is 20.6. The van der Waals surface area contributed by atoms with Crippen LogP contribution in [0.15, 0.2) is 36.7 Å². The first-order valence-corrected chi connectivity index (χ1v) is 9.49. The third kappa shape index (κ3) is 3.33. The molecule has 0 fully saturated rings. The number of hydrogen-bond acceptors (Lipinski definition) is 7. The molecule has 2 N–H and O–H groups in total. The third-order valence-electron chi connectivity index (χ3n) is 4.16. The highest BCUT2D eigenvalue weighted by Gasteiger charge is 2.21. The molecule has 0 amide bonds. The normalized spacial score (nSPS) is 11.0. The summed E-state index contributed by atoms with van der Waals surface area (Å²) in [5.41, 5.74) is 9.33. The second kappa shape index (κ2) is 7.38. The van der Waals surface area contributed by atoms with Crippen LogP contribution in [-0.2, 0) is 7.05 Å². The highest BCUT2D eigenvalue weighted by molar-refractivity contribution is 7.21. The largest absolute Gasteiger partial charge is 0.382 e. The Morgan fingerprint density at radius 3 is 2.64 bits per heavy atom.